The van der Waals surface area contributed by atoms with Crippen LogP contribution in [0.3, 0.4) is 0 Å². The first kappa shape index (κ1) is 13.5. The number of anilines is 1. The highest BCUT2D eigenvalue weighted by Crippen LogP contribution is 2.24. The van der Waals surface area contributed by atoms with E-state index in [0.717, 1.165) is 36.4 Å². The number of fused-ring (bicyclic) bond motifs is 1. The summed E-state index contributed by atoms with van der Waals surface area (Å²) in [4.78, 5) is 24.7. The minimum Gasteiger partial charge on any atom is -0.396 e. The van der Waals surface area contributed by atoms with Gasteiger partial charge in [-0.25, -0.2) is 0 Å². The van der Waals surface area contributed by atoms with Gasteiger partial charge in [0.25, 0.3) is 11.8 Å². The van der Waals surface area contributed by atoms with Crippen molar-refractivity contribution in [3.63, 3.8) is 0 Å². The monoisotopic (exact) mass is 262 g/mol. The third-order valence-electron chi connectivity index (χ3n) is 3.25. The van der Waals surface area contributed by atoms with E-state index in [4.69, 9.17) is 5.11 Å². The highest BCUT2D eigenvalue weighted by atomic mass is 16.3. The van der Waals surface area contributed by atoms with E-state index in [1.54, 1.807) is 12.1 Å². The van der Waals surface area contributed by atoms with Crippen LogP contribution in [0.4, 0.5) is 5.69 Å². The summed E-state index contributed by atoms with van der Waals surface area (Å²) < 4.78 is 0. The van der Waals surface area contributed by atoms with Crippen LogP contribution in [0, 0.1) is 0 Å². The van der Waals surface area contributed by atoms with Crippen LogP contribution < -0.4 is 5.32 Å². The number of carbonyl (C=O) groups is 2. The number of aliphatic hydroxyl groups excluding tert-OH is 1. The molecule has 0 bridgehead atoms. The summed E-state index contributed by atoms with van der Waals surface area (Å²) in [5, 5.41) is 11.9. The molecular weight excluding hydrogens is 244 g/mol. The smallest absolute Gasteiger partial charge is 0.261 e. The number of unbranched alkanes of at least 4 members (excludes halogenated alkanes) is 2. The van der Waals surface area contributed by atoms with E-state index < -0.39 is 0 Å². The Morgan fingerprint density at radius 1 is 1.11 bits per heavy atom. The van der Waals surface area contributed by atoms with Crippen molar-refractivity contribution >= 4 is 17.5 Å². The lowest BCUT2D eigenvalue weighted by Gasteiger charge is -2.06. The van der Waals surface area contributed by atoms with Crippen LogP contribution in [0.1, 0.15) is 40.0 Å². The van der Waals surface area contributed by atoms with Crippen molar-refractivity contribution in [1.29, 1.82) is 0 Å². The molecule has 2 amide bonds. The second kappa shape index (κ2) is 5.84. The van der Waals surface area contributed by atoms with Crippen molar-refractivity contribution in [3.8, 4) is 0 Å². The molecule has 5 nitrogen and oxygen atoms in total. The van der Waals surface area contributed by atoms with Crippen LogP contribution in [-0.4, -0.2) is 42.0 Å². The molecule has 102 valence electrons. The molecule has 0 fully saturated rings. The second-order valence-electron chi connectivity index (χ2n) is 4.64. The molecule has 19 heavy (non-hydrogen) atoms. The van der Waals surface area contributed by atoms with Crippen LogP contribution in [0.2, 0.25) is 0 Å². The fraction of sp³-hybridized carbons (Fsp3) is 0.429. The fourth-order valence-electron chi connectivity index (χ4n) is 2.12. The average molecular weight is 262 g/mol. The number of carbonyl (C=O) groups excluding carboxylic acids is 2. The van der Waals surface area contributed by atoms with Gasteiger partial charge in [-0.1, -0.05) is 0 Å². The Balaban J connectivity index is 1.99. The molecule has 2 N–H and O–H groups in total. The van der Waals surface area contributed by atoms with Gasteiger partial charge < -0.3 is 10.4 Å². The van der Waals surface area contributed by atoms with Crippen molar-refractivity contribution in [2.45, 2.75) is 19.3 Å². The summed E-state index contributed by atoms with van der Waals surface area (Å²) in [7, 11) is 1.49. The number of amides is 2. The second-order valence-corrected chi connectivity index (χ2v) is 4.64. The zero-order valence-corrected chi connectivity index (χ0v) is 11.0. The molecule has 0 aliphatic carbocycles. The standard InChI is InChI=1S/C14H18N2O3/c1-16-13(18)11-6-5-10(9-12(11)14(16)19)15-7-3-2-4-8-17/h5-6,9,15,17H,2-4,7-8H2,1H3. The summed E-state index contributed by atoms with van der Waals surface area (Å²) in [6, 6.07) is 5.23. The zero-order valence-electron chi connectivity index (χ0n) is 11.0. The van der Waals surface area contributed by atoms with Crippen LogP contribution in [0.15, 0.2) is 18.2 Å². The van der Waals surface area contributed by atoms with Gasteiger partial charge >= 0.3 is 0 Å². The van der Waals surface area contributed by atoms with Gasteiger partial charge in [-0.15, -0.1) is 0 Å². The van der Waals surface area contributed by atoms with Crippen molar-refractivity contribution in [2.24, 2.45) is 0 Å². The lowest BCUT2D eigenvalue weighted by Crippen LogP contribution is -2.24. The summed E-state index contributed by atoms with van der Waals surface area (Å²) in [6.45, 7) is 1.01. The topological polar surface area (TPSA) is 69.6 Å². The highest BCUT2D eigenvalue weighted by molar-refractivity contribution is 6.21. The minimum atomic E-state index is -0.246. The molecule has 0 atom stereocenters. The third kappa shape index (κ3) is 2.76. The summed E-state index contributed by atoms with van der Waals surface area (Å²) in [5.74, 6) is -0.488. The molecule has 0 aromatic heterocycles. The van der Waals surface area contributed by atoms with Crippen molar-refractivity contribution < 1.29 is 14.7 Å². The lowest BCUT2D eigenvalue weighted by molar-refractivity contribution is 0.0693. The fourth-order valence-corrected chi connectivity index (χ4v) is 2.12. The zero-order chi connectivity index (χ0) is 13.8. The molecule has 1 aliphatic rings. The Morgan fingerprint density at radius 3 is 2.58 bits per heavy atom. The number of hydrogen-bond donors (Lipinski definition) is 2. The Morgan fingerprint density at radius 2 is 1.84 bits per heavy atom. The average Bonchev–Trinajstić information content (AvgIpc) is 2.64. The number of hydrogen-bond acceptors (Lipinski definition) is 4. The Labute approximate surface area is 112 Å². The molecule has 0 spiro atoms. The van der Waals surface area contributed by atoms with E-state index in [0.29, 0.717) is 11.1 Å². The van der Waals surface area contributed by atoms with Crippen LogP contribution >= 0.6 is 0 Å². The molecule has 1 aliphatic heterocycles. The van der Waals surface area contributed by atoms with Gasteiger partial charge in [0.05, 0.1) is 11.1 Å². The van der Waals surface area contributed by atoms with E-state index in [9.17, 15) is 9.59 Å². The normalized spacial score (nSPS) is 13.9. The van der Waals surface area contributed by atoms with Crippen LogP contribution in [-0.2, 0) is 0 Å². The maximum Gasteiger partial charge on any atom is 0.261 e. The van der Waals surface area contributed by atoms with Gasteiger partial charge in [-0.2, -0.15) is 0 Å². The van der Waals surface area contributed by atoms with Gasteiger partial charge in [0.2, 0.25) is 0 Å². The van der Waals surface area contributed by atoms with E-state index in [2.05, 4.69) is 5.32 Å². The van der Waals surface area contributed by atoms with Crippen LogP contribution in [0.5, 0.6) is 0 Å². The van der Waals surface area contributed by atoms with Crippen molar-refractivity contribution in [1.82, 2.24) is 4.90 Å². The maximum absolute atomic E-state index is 11.8. The predicted molar refractivity (Wildman–Crippen MR) is 72.3 cm³/mol. The SMILES string of the molecule is CN1C(=O)c2ccc(NCCCCCO)cc2C1=O. The number of benzene rings is 1. The molecule has 0 unspecified atom stereocenters. The van der Waals surface area contributed by atoms with Crippen molar-refractivity contribution in [3.05, 3.63) is 29.3 Å². The van der Waals surface area contributed by atoms with Crippen LogP contribution in [0.25, 0.3) is 0 Å². The highest BCUT2D eigenvalue weighted by Gasteiger charge is 2.32. The first-order valence-corrected chi connectivity index (χ1v) is 6.46. The Hall–Kier alpha value is -1.88. The first-order chi connectivity index (χ1) is 9.15. The van der Waals surface area contributed by atoms with E-state index in [1.807, 2.05) is 6.07 Å². The molecule has 0 saturated heterocycles. The third-order valence-corrected chi connectivity index (χ3v) is 3.25. The van der Waals surface area contributed by atoms with Gasteiger partial charge in [-0.3, -0.25) is 14.5 Å². The summed E-state index contributed by atoms with van der Waals surface area (Å²) in [5.41, 5.74) is 1.78. The van der Waals surface area contributed by atoms with Crippen molar-refractivity contribution in [2.75, 3.05) is 25.5 Å². The quantitative estimate of drug-likeness (QED) is 0.602. The minimum absolute atomic E-state index is 0.224. The maximum atomic E-state index is 11.8. The molecule has 1 aromatic carbocycles. The Kier molecular flexibility index (Phi) is 4.16. The molecule has 5 heteroatoms. The molecule has 0 radical (unpaired) electrons. The lowest BCUT2D eigenvalue weighted by atomic mass is 10.1. The predicted octanol–water partition coefficient (Wildman–Crippen LogP) is 1.49. The first-order valence-electron chi connectivity index (χ1n) is 6.46. The molecular formula is C14H18N2O3. The van der Waals surface area contributed by atoms with E-state index in [-0.39, 0.29) is 18.4 Å². The number of rotatable bonds is 6. The molecule has 0 saturated carbocycles. The van der Waals surface area contributed by atoms with E-state index >= 15 is 0 Å². The molecule has 1 heterocycles. The summed E-state index contributed by atoms with van der Waals surface area (Å²) >= 11 is 0. The molecule has 1 aromatic rings. The summed E-state index contributed by atoms with van der Waals surface area (Å²) in [6.07, 6.45) is 2.74. The van der Waals surface area contributed by atoms with Gasteiger partial charge in [-0.05, 0) is 37.5 Å². The van der Waals surface area contributed by atoms with E-state index in [1.165, 1.54) is 7.05 Å². The number of nitrogens with one attached hydrogen (secondary N) is 1. The number of nitrogens with zero attached hydrogens (tertiary/aromatic N) is 1. The number of aliphatic hydroxyl groups is 1. The van der Waals surface area contributed by atoms with Gasteiger partial charge in [0, 0.05) is 25.9 Å². The molecule has 2 rings (SSSR count). The van der Waals surface area contributed by atoms with Gasteiger partial charge in [0.15, 0.2) is 0 Å². The largest absolute Gasteiger partial charge is 0.396 e. The number of imide groups is 1. The Bertz CT molecular complexity index is 499. The van der Waals surface area contributed by atoms with Gasteiger partial charge in [0.1, 0.15) is 0 Å².